The highest BCUT2D eigenvalue weighted by atomic mass is 16.4. The second-order valence-electron chi connectivity index (χ2n) is 20.4. The minimum Gasteiger partial charge on any atom is -0.456 e. The Labute approximate surface area is 446 Å². The topological polar surface area (TPSA) is 84.8 Å². The molecule has 366 valence electrons. The van der Waals surface area contributed by atoms with Crippen molar-refractivity contribution in [2.24, 2.45) is 0 Å². The van der Waals surface area contributed by atoms with Crippen LogP contribution in [0.25, 0.3) is 111 Å². The van der Waals surface area contributed by atoms with Crippen LogP contribution in [0.2, 0.25) is 0 Å². The van der Waals surface area contributed by atoms with Crippen molar-refractivity contribution in [1.29, 1.82) is 0 Å². The number of benzene rings is 11. The Morgan fingerprint density at radius 3 is 0.987 bits per heavy atom. The van der Waals surface area contributed by atoms with Crippen LogP contribution in [0.15, 0.2) is 260 Å². The average Bonchev–Trinajstić information content (AvgIpc) is 4.56. The molecule has 2 aliphatic rings. The minimum atomic E-state index is -0.0959. The lowest BCUT2D eigenvalue weighted by Crippen LogP contribution is -2.23. The van der Waals surface area contributed by atoms with E-state index in [9.17, 15) is 0 Å². The van der Waals surface area contributed by atoms with Crippen LogP contribution in [-0.4, -0.2) is 9.97 Å². The van der Waals surface area contributed by atoms with Gasteiger partial charge in [-0.25, -0.2) is 9.97 Å². The van der Waals surface area contributed by atoms with E-state index in [1.165, 1.54) is 44.5 Å². The summed E-state index contributed by atoms with van der Waals surface area (Å²) in [5.41, 5.74) is 22.2. The van der Waals surface area contributed by atoms with Crippen LogP contribution in [-0.2, 0) is 0 Å². The smallest absolute Gasteiger partial charge is 0.227 e. The van der Waals surface area contributed by atoms with E-state index >= 15 is 0 Å². The van der Waals surface area contributed by atoms with Gasteiger partial charge in [0.15, 0.2) is 11.2 Å². The Balaban J connectivity index is 0.770. The van der Waals surface area contributed by atoms with Crippen molar-refractivity contribution in [2.75, 3.05) is 9.80 Å². The molecule has 0 spiro atoms. The van der Waals surface area contributed by atoms with Crippen LogP contribution >= 0.6 is 0 Å². The molecule has 8 heteroatoms. The van der Waals surface area contributed by atoms with E-state index < -0.39 is 0 Å². The molecule has 0 bridgehead atoms. The molecule has 4 aromatic heterocycles. The molecule has 0 radical (unpaired) electrons. The molecule has 0 aliphatic heterocycles. The van der Waals surface area contributed by atoms with Gasteiger partial charge in [-0.2, -0.15) is 0 Å². The molecule has 8 nitrogen and oxygen atoms in total. The summed E-state index contributed by atoms with van der Waals surface area (Å²) in [6, 6.07) is 85.2. The molecule has 15 aromatic rings. The molecule has 0 amide bonds. The average molecular weight is 1000 g/mol. The van der Waals surface area contributed by atoms with Crippen LogP contribution in [0.1, 0.15) is 34.3 Å². The summed E-state index contributed by atoms with van der Waals surface area (Å²) < 4.78 is 26.2. The summed E-state index contributed by atoms with van der Waals surface area (Å²) in [6.07, 6.45) is 0. The molecule has 0 atom stereocenters. The van der Waals surface area contributed by atoms with Crippen LogP contribution in [0, 0.1) is 0 Å². The second kappa shape index (κ2) is 16.5. The lowest BCUT2D eigenvalue weighted by Gasteiger charge is -2.33. The van der Waals surface area contributed by atoms with Gasteiger partial charge in [-0.15, -0.1) is 0 Å². The number of rotatable bonds is 8. The Bertz CT molecular complexity index is 4440. The van der Waals surface area contributed by atoms with Gasteiger partial charge in [0.2, 0.25) is 11.8 Å². The summed E-state index contributed by atoms with van der Waals surface area (Å²) in [4.78, 5) is 14.5. The van der Waals surface area contributed by atoms with Crippen molar-refractivity contribution in [2.45, 2.75) is 12.1 Å². The Hall–Kier alpha value is -10.4. The largest absolute Gasteiger partial charge is 0.456 e. The Morgan fingerprint density at radius 2 is 0.603 bits per heavy atom. The summed E-state index contributed by atoms with van der Waals surface area (Å²) in [7, 11) is 0. The van der Waals surface area contributed by atoms with E-state index in [-0.39, 0.29) is 12.1 Å². The molecule has 2 aliphatic carbocycles. The van der Waals surface area contributed by atoms with Crippen molar-refractivity contribution < 1.29 is 17.7 Å². The summed E-state index contributed by atoms with van der Waals surface area (Å²) in [6.45, 7) is 0. The zero-order chi connectivity index (χ0) is 51.0. The Morgan fingerprint density at radius 1 is 0.269 bits per heavy atom. The van der Waals surface area contributed by atoms with Gasteiger partial charge in [0.1, 0.15) is 33.4 Å². The monoisotopic (exact) mass is 1000 g/mol. The number of fused-ring (bicyclic) bond motifs is 14. The number of furan rings is 2. The summed E-state index contributed by atoms with van der Waals surface area (Å²) in [5, 5.41) is 4.02. The lowest BCUT2D eigenvalue weighted by molar-refractivity contribution is 0.619. The second-order valence-corrected chi connectivity index (χ2v) is 20.4. The van der Waals surface area contributed by atoms with E-state index in [0.717, 1.165) is 100.0 Å². The molecule has 0 saturated carbocycles. The zero-order valence-electron chi connectivity index (χ0n) is 41.7. The fourth-order valence-electron chi connectivity index (χ4n) is 12.6. The number of nitrogens with zero attached hydrogens (tertiary/aromatic N) is 4. The first-order chi connectivity index (χ1) is 38.6. The molecule has 0 unspecified atom stereocenters. The summed E-state index contributed by atoms with van der Waals surface area (Å²) in [5.74, 6) is 1.19. The minimum absolute atomic E-state index is 0.0959. The third kappa shape index (κ3) is 6.47. The van der Waals surface area contributed by atoms with Crippen LogP contribution in [0.4, 0.5) is 22.7 Å². The van der Waals surface area contributed by atoms with Crippen LogP contribution < -0.4 is 9.80 Å². The van der Waals surface area contributed by atoms with E-state index in [4.69, 9.17) is 27.6 Å². The van der Waals surface area contributed by atoms with Crippen LogP contribution in [0.5, 0.6) is 0 Å². The predicted octanol–water partition coefficient (Wildman–Crippen LogP) is 18.9. The third-order valence-corrected chi connectivity index (χ3v) is 16.1. The van der Waals surface area contributed by atoms with Crippen molar-refractivity contribution in [3.8, 4) is 45.2 Å². The van der Waals surface area contributed by atoms with E-state index in [0.29, 0.717) is 11.8 Å². The zero-order valence-corrected chi connectivity index (χ0v) is 41.7. The quantitative estimate of drug-likeness (QED) is 0.149. The van der Waals surface area contributed by atoms with Crippen molar-refractivity contribution in [3.63, 3.8) is 0 Å². The number of hydrogen-bond acceptors (Lipinski definition) is 8. The first kappa shape index (κ1) is 42.9. The maximum atomic E-state index is 6.92. The SMILES string of the molecule is c1ccc2c(c1)-c1ccccc1C2N(c1ccc(-c2nc3ccccc3o2)cc1)c1ccc2c(c1)oc1cc3c(cc12)oc1cc(N(c2ccc(-c4nc5ccccc5o4)cc2)C2c4ccccc4-c4ccccc42)ccc13. The molecule has 0 N–H and O–H groups in total. The van der Waals surface area contributed by atoms with Crippen molar-refractivity contribution in [3.05, 3.63) is 265 Å². The van der Waals surface area contributed by atoms with Gasteiger partial charge in [0.25, 0.3) is 0 Å². The molecule has 0 fully saturated rings. The van der Waals surface area contributed by atoms with E-state index in [1.807, 2.05) is 48.5 Å². The standard InChI is InChI=1S/C70H42N4O4/c1-5-17-53-47(13-1)48-14-2-6-18-54(48)67(53)73(43-29-25-41(26-30-43)69-71-59-21-9-11-23-61(59)77-69)45-33-35-51-57-39-66-58(40-65(57)75-63(51)37-45)52-36-34-46(38-64(52)76-66)74(68-55-19-7-3-15-49(55)50-16-4-8-20-56(50)68)44-31-27-42(28-32-44)70-72-60-22-10-12-24-62(60)78-70/h1-40,67-68H. The molecule has 11 aromatic carbocycles. The molecule has 78 heavy (non-hydrogen) atoms. The number of aromatic nitrogens is 2. The number of para-hydroxylation sites is 4. The molecule has 0 saturated heterocycles. The number of hydrogen-bond donors (Lipinski definition) is 0. The van der Waals surface area contributed by atoms with Gasteiger partial charge < -0.3 is 27.5 Å². The predicted molar refractivity (Wildman–Crippen MR) is 312 cm³/mol. The molecular weight excluding hydrogens is 961 g/mol. The molecule has 4 heterocycles. The fourth-order valence-corrected chi connectivity index (χ4v) is 12.6. The van der Waals surface area contributed by atoms with Gasteiger partial charge in [0.05, 0.1) is 12.1 Å². The highest BCUT2D eigenvalue weighted by Crippen LogP contribution is 2.53. The van der Waals surface area contributed by atoms with E-state index in [2.05, 4.69) is 204 Å². The van der Waals surface area contributed by atoms with Crippen LogP contribution in [0.3, 0.4) is 0 Å². The van der Waals surface area contributed by atoms with Crippen molar-refractivity contribution >= 4 is 88.8 Å². The van der Waals surface area contributed by atoms with Gasteiger partial charge in [-0.3, -0.25) is 0 Å². The summed E-state index contributed by atoms with van der Waals surface area (Å²) >= 11 is 0. The number of anilines is 4. The molecular formula is C70H42N4O4. The highest BCUT2D eigenvalue weighted by Gasteiger charge is 2.36. The first-order valence-corrected chi connectivity index (χ1v) is 26.3. The maximum absolute atomic E-state index is 6.92. The van der Waals surface area contributed by atoms with Gasteiger partial charge >= 0.3 is 0 Å². The van der Waals surface area contributed by atoms with Gasteiger partial charge in [-0.05, 0) is 154 Å². The van der Waals surface area contributed by atoms with E-state index in [1.54, 1.807) is 0 Å². The maximum Gasteiger partial charge on any atom is 0.227 e. The number of oxazole rings is 2. The molecule has 17 rings (SSSR count). The van der Waals surface area contributed by atoms with Crippen molar-refractivity contribution in [1.82, 2.24) is 9.97 Å². The van der Waals surface area contributed by atoms with Gasteiger partial charge in [-0.1, -0.05) is 121 Å². The Kier molecular flexibility index (Phi) is 9.08. The lowest BCUT2D eigenvalue weighted by atomic mass is 10.0. The fraction of sp³-hybridized carbons (Fsp3) is 0.0286. The third-order valence-electron chi connectivity index (χ3n) is 16.1. The highest BCUT2D eigenvalue weighted by molar-refractivity contribution is 6.15. The first-order valence-electron chi connectivity index (χ1n) is 26.3. The normalized spacial score (nSPS) is 13.0. The van der Waals surface area contributed by atoms with Gasteiger partial charge in [0, 0.05) is 67.6 Å².